The molecule has 5 atom stereocenters. The maximum Gasteiger partial charge on any atom is 0.508 e. The largest absolute Gasteiger partial charge is 0.508 e. The smallest absolute Gasteiger partial charge is 0.438 e. The quantitative estimate of drug-likeness (QED) is 0.322. The van der Waals surface area contributed by atoms with E-state index in [0.717, 1.165) is 12.7 Å². The molecule has 35 heavy (non-hydrogen) atoms. The number of hydrogen-bond donors (Lipinski definition) is 4. The van der Waals surface area contributed by atoms with Gasteiger partial charge in [0.25, 0.3) is 0 Å². The van der Waals surface area contributed by atoms with Gasteiger partial charge in [-0.1, -0.05) is 12.1 Å². The molecule has 1 fully saturated rings. The van der Waals surface area contributed by atoms with Gasteiger partial charge in [-0.25, -0.2) is 9.18 Å². The molecule has 2 heterocycles. The molecule has 1 aromatic carbocycles. The first-order chi connectivity index (χ1) is 16.4. The molecular formula is C23H31FN2O9. The van der Waals surface area contributed by atoms with Crippen molar-refractivity contribution < 1.29 is 48.6 Å². The lowest BCUT2D eigenvalue weighted by atomic mass is 9.97. The van der Waals surface area contributed by atoms with Crippen molar-refractivity contribution in [2.75, 3.05) is 13.7 Å². The van der Waals surface area contributed by atoms with Crippen molar-refractivity contribution in [1.29, 1.82) is 0 Å². The van der Waals surface area contributed by atoms with Crippen LogP contribution in [0.25, 0.3) is 0 Å². The fourth-order valence-corrected chi connectivity index (χ4v) is 3.84. The number of carbonyl (C=O) groups excluding carboxylic acids is 1. The molecule has 0 aliphatic carbocycles. The van der Waals surface area contributed by atoms with Gasteiger partial charge < -0.3 is 39.4 Å². The van der Waals surface area contributed by atoms with Crippen molar-refractivity contribution in [1.82, 2.24) is 9.78 Å². The molecule has 1 aliphatic heterocycles. The van der Waals surface area contributed by atoms with Crippen molar-refractivity contribution >= 4 is 6.16 Å². The van der Waals surface area contributed by atoms with E-state index in [2.05, 4.69) is 9.84 Å². The van der Waals surface area contributed by atoms with Crippen LogP contribution in [0.2, 0.25) is 0 Å². The van der Waals surface area contributed by atoms with Gasteiger partial charge in [-0.15, -0.1) is 5.10 Å². The van der Waals surface area contributed by atoms with Gasteiger partial charge in [0.2, 0.25) is 5.88 Å². The number of carbonyl (C=O) groups is 1. The highest BCUT2D eigenvalue weighted by atomic mass is 19.1. The third kappa shape index (κ3) is 5.57. The normalized spacial score (nSPS) is 26.6. The zero-order valence-corrected chi connectivity index (χ0v) is 20.1. The second-order valence-corrected chi connectivity index (χ2v) is 8.76. The molecule has 0 bridgehead atoms. The topological polar surface area (TPSA) is 153 Å². The fourth-order valence-electron chi connectivity index (χ4n) is 3.84. The van der Waals surface area contributed by atoms with E-state index in [9.17, 15) is 29.6 Å². The monoisotopic (exact) mass is 498 g/mol. The van der Waals surface area contributed by atoms with Gasteiger partial charge in [0.05, 0.1) is 7.11 Å². The third-order valence-corrected chi connectivity index (χ3v) is 5.83. The first-order valence-electron chi connectivity index (χ1n) is 11.0. The SMILES string of the molecule is COC(=O)OC[C@H]1O[C@](O)(Oc2nn(C(C)C)c(C)c2Cc2ccc(C)cc2F)[C@H](O)[C@@H](O)[C@@H]1O. The molecule has 0 amide bonds. The maximum absolute atomic E-state index is 14.6. The molecule has 3 rings (SSSR count). The van der Waals surface area contributed by atoms with Crippen molar-refractivity contribution in [3.63, 3.8) is 0 Å². The summed E-state index contributed by atoms with van der Waals surface area (Å²) in [6.45, 7) is 6.61. The fraction of sp³-hybridized carbons (Fsp3) is 0.565. The van der Waals surface area contributed by atoms with Gasteiger partial charge in [-0.05, 0) is 44.9 Å². The second kappa shape index (κ2) is 10.5. The summed E-state index contributed by atoms with van der Waals surface area (Å²) in [7, 11) is 1.07. The average molecular weight is 499 g/mol. The van der Waals surface area contributed by atoms with Crippen molar-refractivity contribution in [3.8, 4) is 5.88 Å². The highest BCUT2D eigenvalue weighted by Crippen LogP contribution is 2.35. The highest BCUT2D eigenvalue weighted by molar-refractivity contribution is 5.59. The highest BCUT2D eigenvalue weighted by Gasteiger charge is 2.56. The molecule has 0 radical (unpaired) electrons. The molecular weight excluding hydrogens is 467 g/mol. The number of methoxy groups -OCH3 is 1. The van der Waals surface area contributed by atoms with Gasteiger partial charge in [-0.3, -0.25) is 4.68 Å². The zero-order valence-electron chi connectivity index (χ0n) is 20.1. The standard InChI is InChI=1S/C23H31FN2O9/c1-11(2)26-13(4)15(9-14-7-6-12(3)8-16(14)24)21(25-26)35-23(31)20(29)19(28)18(27)17(34-23)10-33-22(30)32-5/h6-8,11,17-20,27-29,31H,9-10H2,1-5H3/t17-,18-,19+,20-,23+/m1/s1. The Bertz CT molecular complexity index is 1060. The molecule has 194 valence electrons. The molecule has 12 heteroatoms. The number of halogens is 1. The van der Waals surface area contributed by atoms with Crippen molar-refractivity contribution in [3.05, 3.63) is 46.4 Å². The molecule has 0 unspecified atom stereocenters. The molecule has 1 aromatic heterocycles. The van der Waals surface area contributed by atoms with Gasteiger partial charge in [-0.2, -0.15) is 0 Å². The van der Waals surface area contributed by atoms with Crippen LogP contribution >= 0.6 is 0 Å². The summed E-state index contributed by atoms with van der Waals surface area (Å²) in [5, 5.41) is 46.4. The summed E-state index contributed by atoms with van der Waals surface area (Å²) in [4.78, 5) is 11.3. The molecule has 2 aromatic rings. The van der Waals surface area contributed by atoms with E-state index < -0.39 is 49.0 Å². The van der Waals surface area contributed by atoms with E-state index in [0.29, 0.717) is 16.8 Å². The minimum atomic E-state index is -2.88. The van der Waals surface area contributed by atoms with E-state index >= 15 is 0 Å². The van der Waals surface area contributed by atoms with Crippen LogP contribution in [-0.4, -0.2) is 80.5 Å². The van der Waals surface area contributed by atoms with Gasteiger partial charge >= 0.3 is 12.1 Å². The number of hydrogen-bond acceptors (Lipinski definition) is 10. The number of aliphatic hydroxyl groups excluding tert-OH is 3. The van der Waals surface area contributed by atoms with Gasteiger partial charge in [0.15, 0.2) is 6.10 Å². The summed E-state index contributed by atoms with van der Waals surface area (Å²) in [6, 6.07) is 4.64. The Morgan fingerprint density at radius 1 is 1.26 bits per heavy atom. The summed E-state index contributed by atoms with van der Waals surface area (Å²) in [5.41, 5.74) is 2.13. The van der Waals surface area contributed by atoms with E-state index in [1.807, 2.05) is 13.8 Å². The molecule has 1 aliphatic rings. The number of aliphatic hydroxyl groups is 4. The second-order valence-electron chi connectivity index (χ2n) is 8.76. The van der Waals surface area contributed by atoms with Crippen molar-refractivity contribution in [2.45, 2.75) is 70.5 Å². The van der Waals surface area contributed by atoms with E-state index in [1.165, 1.54) is 6.07 Å². The molecule has 0 spiro atoms. The predicted molar refractivity (Wildman–Crippen MR) is 118 cm³/mol. The Morgan fingerprint density at radius 3 is 2.54 bits per heavy atom. The van der Waals surface area contributed by atoms with Crippen LogP contribution in [0.15, 0.2) is 18.2 Å². The number of rotatable bonds is 7. The first-order valence-corrected chi connectivity index (χ1v) is 11.0. The van der Waals surface area contributed by atoms with E-state index in [-0.39, 0.29) is 18.3 Å². The summed E-state index contributed by atoms with van der Waals surface area (Å²) < 4.78 is 36.2. The molecule has 11 nitrogen and oxygen atoms in total. The Kier molecular flexibility index (Phi) is 8.02. The average Bonchev–Trinajstić information content (AvgIpc) is 3.10. The van der Waals surface area contributed by atoms with Crippen LogP contribution < -0.4 is 4.74 Å². The van der Waals surface area contributed by atoms with Crippen LogP contribution in [0.1, 0.15) is 42.3 Å². The van der Waals surface area contributed by atoms with Crippen molar-refractivity contribution in [2.24, 2.45) is 0 Å². The van der Waals surface area contributed by atoms with Crippen LogP contribution in [0.4, 0.5) is 9.18 Å². The van der Waals surface area contributed by atoms with Gasteiger partial charge in [0.1, 0.15) is 30.7 Å². The lowest BCUT2D eigenvalue weighted by Gasteiger charge is -2.44. The minimum absolute atomic E-state index is 0.0479. The lowest BCUT2D eigenvalue weighted by Crippen LogP contribution is -2.67. The summed E-state index contributed by atoms with van der Waals surface area (Å²) in [5.74, 6) is -3.49. The Balaban J connectivity index is 1.95. The zero-order chi connectivity index (χ0) is 26.1. The molecule has 0 saturated carbocycles. The Morgan fingerprint density at radius 2 is 1.94 bits per heavy atom. The number of nitrogens with zero attached hydrogens (tertiary/aromatic N) is 2. The van der Waals surface area contributed by atoms with E-state index in [4.69, 9.17) is 14.2 Å². The summed E-state index contributed by atoms with van der Waals surface area (Å²) >= 11 is 0. The predicted octanol–water partition coefficient (Wildman–Crippen LogP) is 1.10. The van der Waals surface area contributed by atoms with Crippen LogP contribution in [0, 0.1) is 19.7 Å². The number of benzene rings is 1. The van der Waals surface area contributed by atoms with E-state index in [1.54, 1.807) is 30.7 Å². The first kappa shape index (κ1) is 26.8. The van der Waals surface area contributed by atoms with Crippen LogP contribution in [-0.2, 0) is 20.6 Å². The molecule has 1 saturated heterocycles. The number of ether oxygens (including phenoxy) is 4. The van der Waals surface area contributed by atoms with Crippen LogP contribution in [0.3, 0.4) is 0 Å². The van der Waals surface area contributed by atoms with Crippen LogP contribution in [0.5, 0.6) is 5.88 Å². The maximum atomic E-state index is 14.6. The Labute approximate surface area is 201 Å². The molecule has 4 N–H and O–H groups in total. The number of aryl methyl sites for hydroxylation is 1. The number of aromatic nitrogens is 2. The summed E-state index contributed by atoms with van der Waals surface area (Å²) in [6.07, 6.45) is -8.30. The Hall–Kier alpha value is -2.77. The third-order valence-electron chi connectivity index (χ3n) is 5.83. The van der Waals surface area contributed by atoms with Gasteiger partial charge in [0, 0.05) is 23.7 Å². The lowest BCUT2D eigenvalue weighted by molar-refractivity contribution is -0.423. The minimum Gasteiger partial charge on any atom is -0.438 e.